The van der Waals surface area contributed by atoms with Crippen molar-refractivity contribution in [3.8, 4) is 23.0 Å². The van der Waals surface area contributed by atoms with Crippen LogP contribution in [-0.4, -0.2) is 44.8 Å². The number of aromatic hydroxyl groups is 3. The van der Waals surface area contributed by atoms with Gasteiger partial charge in [-0.3, -0.25) is 9.59 Å². The van der Waals surface area contributed by atoms with Crippen molar-refractivity contribution < 1.29 is 34.5 Å². The van der Waals surface area contributed by atoms with Crippen LogP contribution in [0.1, 0.15) is 47.7 Å². The van der Waals surface area contributed by atoms with Crippen molar-refractivity contribution in [2.75, 3.05) is 6.54 Å². The van der Waals surface area contributed by atoms with Crippen molar-refractivity contribution >= 4 is 11.8 Å². The highest BCUT2D eigenvalue weighted by molar-refractivity contribution is 6.02. The summed E-state index contributed by atoms with van der Waals surface area (Å²) in [6.07, 6.45) is 0.766. The first-order chi connectivity index (χ1) is 14.3. The van der Waals surface area contributed by atoms with Crippen LogP contribution in [0.4, 0.5) is 0 Å². The average Bonchev–Trinajstić information content (AvgIpc) is 2.68. The Morgan fingerprint density at radius 3 is 2.47 bits per heavy atom. The summed E-state index contributed by atoms with van der Waals surface area (Å²) in [5.74, 6) is -1.97. The number of benzene rings is 2. The Hall–Kier alpha value is -3.30. The van der Waals surface area contributed by atoms with Gasteiger partial charge in [0.15, 0.2) is 17.4 Å². The summed E-state index contributed by atoms with van der Waals surface area (Å²) in [5, 5.41) is 39.5. The van der Waals surface area contributed by atoms with Gasteiger partial charge in [0.05, 0.1) is 6.07 Å². The third-order valence-corrected chi connectivity index (χ3v) is 5.02. The molecule has 0 unspecified atom stereocenters. The highest BCUT2D eigenvalue weighted by Crippen LogP contribution is 2.49. The Morgan fingerprint density at radius 1 is 1.13 bits per heavy atom. The number of nitrogens with two attached hydrogens (primary N) is 1. The van der Waals surface area contributed by atoms with E-state index in [1.165, 1.54) is 18.2 Å². The van der Waals surface area contributed by atoms with Crippen LogP contribution in [0.15, 0.2) is 36.4 Å². The van der Waals surface area contributed by atoms with E-state index in [9.17, 15) is 30.0 Å². The maximum absolute atomic E-state index is 12.8. The molecule has 160 valence electrons. The van der Waals surface area contributed by atoms with E-state index in [0.717, 1.165) is 6.07 Å². The molecule has 1 heterocycles. The van der Waals surface area contributed by atoms with Crippen LogP contribution >= 0.6 is 0 Å². The Balaban J connectivity index is 2.04. The number of carbonyl (C=O) groups excluding carboxylic acids is 1. The summed E-state index contributed by atoms with van der Waals surface area (Å²) in [7, 11) is 0. The third kappa shape index (κ3) is 4.47. The fraction of sp³-hybridized carbons (Fsp3) is 0.333. The smallest absolute Gasteiger partial charge is 0.328 e. The van der Waals surface area contributed by atoms with Crippen LogP contribution in [0, 0.1) is 0 Å². The number of carboxylic acid groups (broad SMARTS) is 1. The molecule has 0 radical (unpaired) electrons. The number of phenolic OH excluding ortho intramolecular Hbond substituents is 3. The lowest BCUT2D eigenvalue weighted by atomic mass is 9.95. The fourth-order valence-corrected chi connectivity index (χ4v) is 3.51. The summed E-state index contributed by atoms with van der Waals surface area (Å²) in [6, 6.07) is 7.49. The normalized spacial score (nSPS) is 16.9. The maximum atomic E-state index is 12.8. The molecule has 1 aliphatic rings. The molecule has 1 aliphatic heterocycles. The van der Waals surface area contributed by atoms with Gasteiger partial charge in [-0.05, 0) is 55.6 Å². The summed E-state index contributed by atoms with van der Waals surface area (Å²) < 4.78 is 2.58. The molecule has 0 saturated heterocycles. The monoisotopic (exact) mass is 417 g/mol. The summed E-state index contributed by atoms with van der Waals surface area (Å²) in [5.41, 5.74) is 8.98. The van der Waals surface area contributed by atoms with E-state index in [2.05, 4.69) is 9.95 Å². The summed E-state index contributed by atoms with van der Waals surface area (Å²) in [6.45, 7) is 0.443. The number of ketones is 1. The number of unbranched alkanes of at least 4 members (excludes halogenated alkanes) is 1. The quantitative estimate of drug-likeness (QED) is 0.283. The van der Waals surface area contributed by atoms with Crippen LogP contribution in [0.25, 0.3) is 0 Å². The van der Waals surface area contributed by atoms with E-state index >= 15 is 0 Å². The minimum Gasteiger partial charge on any atom is -0.508 e. The zero-order valence-corrected chi connectivity index (χ0v) is 16.2. The molecule has 2 aromatic carbocycles. The predicted molar refractivity (Wildman–Crippen MR) is 108 cm³/mol. The van der Waals surface area contributed by atoms with E-state index in [4.69, 9.17) is 5.73 Å². The lowest BCUT2D eigenvalue weighted by molar-refractivity contribution is -0.208. The van der Waals surface area contributed by atoms with Crippen LogP contribution < -0.4 is 11.2 Å². The van der Waals surface area contributed by atoms with Gasteiger partial charge in [-0.15, -0.1) is 0 Å². The van der Waals surface area contributed by atoms with Gasteiger partial charge >= 0.3 is 11.7 Å². The molecule has 0 spiro atoms. The second kappa shape index (κ2) is 9.02. The van der Waals surface area contributed by atoms with Crippen molar-refractivity contribution in [1.82, 2.24) is 5.48 Å². The number of Topliss-reactive ketones (excluding diaryl/α,β-unsaturated/α-hetero) is 1. The molecule has 7 N–H and O–H groups in total. The molecular weight excluding hydrogens is 392 g/mol. The molecule has 0 amide bonds. The number of aliphatic carboxylic acids is 1. The SMILES string of the molecule is NCCCC[C@H](N[O+]1c2cc(O)cc(O)c2C(=O)C[C@H]1c1ccc(O)cc1)C(=O)O. The van der Waals surface area contributed by atoms with Crippen molar-refractivity contribution in [1.29, 1.82) is 0 Å². The zero-order valence-electron chi connectivity index (χ0n) is 16.2. The molecule has 0 fully saturated rings. The van der Waals surface area contributed by atoms with Crippen LogP contribution in [0.2, 0.25) is 0 Å². The highest BCUT2D eigenvalue weighted by Gasteiger charge is 2.43. The number of nitrogens with one attached hydrogen (secondary N) is 1. The Kier molecular flexibility index (Phi) is 6.43. The van der Waals surface area contributed by atoms with E-state index in [0.29, 0.717) is 24.9 Å². The van der Waals surface area contributed by atoms with E-state index in [1.807, 2.05) is 0 Å². The lowest BCUT2D eigenvalue weighted by Gasteiger charge is -2.36. The number of hydroxylamine groups is 1. The second-order valence-electron chi connectivity index (χ2n) is 7.18. The van der Waals surface area contributed by atoms with Gasteiger partial charge in [0.25, 0.3) is 0 Å². The lowest BCUT2D eigenvalue weighted by Crippen LogP contribution is -2.44. The van der Waals surface area contributed by atoms with Crippen molar-refractivity contribution in [3.05, 3.63) is 47.5 Å². The van der Waals surface area contributed by atoms with E-state index in [-0.39, 0.29) is 41.4 Å². The summed E-state index contributed by atoms with van der Waals surface area (Å²) in [4.78, 5) is 24.6. The van der Waals surface area contributed by atoms with E-state index < -0.39 is 23.9 Å². The highest BCUT2D eigenvalue weighted by atomic mass is 16.8. The molecule has 2 atom stereocenters. The van der Waals surface area contributed by atoms with Crippen LogP contribution in [0.5, 0.6) is 23.0 Å². The van der Waals surface area contributed by atoms with Gasteiger partial charge in [-0.25, -0.2) is 0 Å². The van der Waals surface area contributed by atoms with Crippen molar-refractivity contribution in [2.45, 2.75) is 37.8 Å². The Bertz CT molecular complexity index is 930. The first kappa shape index (κ1) is 21.4. The van der Waals surface area contributed by atoms with Crippen LogP contribution in [-0.2, 0) is 9.26 Å². The maximum Gasteiger partial charge on any atom is 0.328 e. The molecule has 2 aromatic rings. The number of rotatable bonds is 8. The second-order valence-corrected chi connectivity index (χ2v) is 7.18. The number of carbonyl (C=O) groups is 2. The minimum atomic E-state index is -1.09. The Labute approximate surface area is 173 Å². The molecule has 3 rings (SSSR count). The van der Waals surface area contributed by atoms with Gasteiger partial charge in [0, 0.05) is 11.6 Å². The molecule has 0 aromatic heterocycles. The third-order valence-electron chi connectivity index (χ3n) is 5.02. The van der Waals surface area contributed by atoms with E-state index in [1.54, 1.807) is 12.1 Å². The molecule has 30 heavy (non-hydrogen) atoms. The average molecular weight is 417 g/mol. The van der Waals surface area contributed by atoms with Gasteiger partial charge < -0.3 is 30.6 Å². The number of fused-ring (bicyclic) bond motifs is 1. The van der Waals surface area contributed by atoms with Crippen molar-refractivity contribution in [2.24, 2.45) is 5.73 Å². The standard InChI is InChI=1S/C21H24N2O7/c22-8-2-1-3-15(21(28)29)23-30-18(12-4-6-13(24)7-5-12)11-17(27)20-16(26)9-14(25)10-19(20)30/h4-7,9-10,15,18,23H,1-3,8,11,22H2,(H3-,24,25,26,27,28,29)/p+1/t15-,18-/m0/s1. The van der Waals surface area contributed by atoms with Crippen molar-refractivity contribution in [3.63, 3.8) is 0 Å². The fourth-order valence-electron chi connectivity index (χ4n) is 3.51. The largest absolute Gasteiger partial charge is 0.508 e. The minimum absolute atomic E-state index is 0.0218. The first-order valence-electron chi connectivity index (χ1n) is 9.62. The molecule has 9 nitrogen and oxygen atoms in total. The topological polar surface area (TPSA) is 156 Å². The van der Waals surface area contributed by atoms with Gasteiger partial charge in [0.2, 0.25) is 6.10 Å². The number of hydrogen-bond acceptors (Lipinski definition) is 7. The number of carboxylic acids is 1. The Morgan fingerprint density at radius 2 is 1.83 bits per heavy atom. The molecule has 0 bridgehead atoms. The number of hydrogen-bond donors (Lipinski definition) is 6. The van der Waals surface area contributed by atoms with Gasteiger partial charge in [-0.2, -0.15) is 0 Å². The summed E-state index contributed by atoms with van der Waals surface area (Å²) >= 11 is 0. The first-order valence-corrected chi connectivity index (χ1v) is 9.62. The predicted octanol–water partition coefficient (Wildman–Crippen LogP) is 2.48. The zero-order chi connectivity index (χ0) is 21.8. The molecule has 0 aliphatic carbocycles. The molecular formula is C21H25N2O7+. The molecule has 0 saturated carbocycles. The van der Waals surface area contributed by atoms with Gasteiger partial charge in [-0.1, -0.05) is 0 Å². The number of phenols is 3. The van der Waals surface area contributed by atoms with Crippen LogP contribution in [0.3, 0.4) is 0 Å². The van der Waals surface area contributed by atoms with Gasteiger partial charge in [0.1, 0.15) is 23.7 Å². The molecule has 9 heteroatoms.